The molecule has 9 heteroatoms. The van der Waals surface area contributed by atoms with Crippen molar-refractivity contribution in [3.63, 3.8) is 0 Å². The molecule has 3 aromatic rings. The first-order chi connectivity index (χ1) is 42.2. The molecule has 3 rings (SSSR count). The van der Waals surface area contributed by atoms with Gasteiger partial charge >= 0.3 is 0 Å². The number of unbranched alkanes of at least 4 members (excludes halogenated alkanes) is 29. The number of hydrogen-bond acceptors (Lipinski definition) is 8. The summed E-state index contributed by atoms with van der Waals surface area (Å²) >= 11 is 0. The highest BCUT2D eigenvalue weighted by Crippen LogP contribution is 2.40. The van der Waals surface area contributed by atoms with Crippen LogP contribution >= 0.6 is 0 Å². The van der Waals surface area contributed by atoms with E-state index in [-0.39, 0.29) is 5.91 Å². The van der Waals surface area contributed by atoms with Crippen LogP contribution in [0.4, 0.5) is 0 Å². The molecule has 0 aliphatic rings. The van der Waals surface area contributed by atoms with E-state index >= 15 is 0 Å². The van der Waals surface area contributed by atoms with Crippen LogP contribution in [-0.4, -0.2) is 109 Å². The molecule has 0 fully saturated rings. The Morgan fingerprint density at radius 3 is 1.08 bits per heavy atom. The van der Waals surface area contributed by atoms with Crippen LogP contribution in [0.1, 0.15) is 256 Å². The Hall–Kier alpha value is -3.67. The van der Waals surface area contributed by atoms with E-state index < -0.39 is 11.7 Å². The minimum atomic E-state index is -0.768. The standard InChI is InChI=1S/C76H125NO8/c1-4-7-10-13-16-18-20-22-24-26-28-30-32-34-37-49-59-83-70-74(84-60-50-38-35-33-31-29-27-25-23-21-19-17-14-11-8-5-2)75(78)77(57-48-36-15-12-9-6-3)58-61-79-62-63-80-64-65-81-66-67-82-68-69-85-76(71-51-42-39-43-52-71,72-53-44-40-45-54-72)73-55-46-41-47-56-73/h22-25,39-47,51-56,74H,4-21,26-38,48-50,57-70H2,1-3H3/b24-22-,25-23-. The zero-order chi connectivity index (χ0) is 60.3. The molecule has 1 unspecified atom stereocenters. The van der Waals surface area contributed by atoms with E-state index in [1.807, 2.05) is 23.1 Å². The molecule has 0 heterocycles. The predicted octanol–water partition coefficient (Wildman–Crippen LogP) is 19.7. The number of hydrogen-bond donors (Lipinski definition) is 0. The van der Waals surface area contributed by atoms with Crippen molar-refractivity contribution < 1.29 is 38.0 Å². The summed E-state index contributed by atoms with van der Waals surface area (Å²) in [5, 5.41) is 0. The van der Waals surface area contributed by atoms with Gasteiger partial charge in [-0.3, -0.25) is 4.79 Å². The Morgan fingerprint density at radius 2 is 0.682 bits per heavy atom. The van der Waals surface area contributed by atoms with Gasteiger partial charge in [-0.05, 0) is 87.3 Å². The maximum absolute atomic E-state index is 14.4. The van der Waals surface area contributed by atoms with Crippen molar-refractivity contribution in [1.29, 1.82) is 0 Å². The van der Waals surface area contributed by atoms with E-state index in [2.05, 4.69) is 118 Å². The molecule has 85 heavy (non-hydrogen) atoms. The van der Waals surface area contributed by atoms with Gasteiger partial charge in [-0.2, -0.15) is 0 Å². The molecule has 0 N–H and O–H groups in total. The van der Waals surface area contributed by atoms with E-state index in [0.29, 0.717) is 92.4 Å². The highest BCUT2D eigenvalue weighted by atomic mass is 16.6. The molecule has 482 valence electrons. The number of amides is 1. The van der Waals surface area contributed by atoms with Crippen LogP contribution in [0.2, 0.25) is 0 Å². The van der Waals surface area contributed by atoms with Crippen LogP contribution in [0.3, 0.4) is 0 Å². The lowest BCUT2D eigenvalue weighted by Gasteiger charge is -2.36. The van der Waals surface area contributed by atoms with Gasteiger partial charge in [0.2, 0.25) is 0 Å². The quantitative estimate of drug-likeness (QED) is 0.0314. The number of carbonyl (C=O) groups is 1. The zero-order valence-corrected chi connectivity index (χ0v) is 54.7. The fraction of sp³-hybridized carbons (Fsp3) is 0.697. The maximum Gasteiger partial charge on any atom is 0.254 e. The summed E-state index contributed by atoms with van der Waals surface area (Å²) in [5.41, 5.74) is 2.44. The van der Waals surface area contributed by atoms with Gasteiger partial charge in [0.25, 0.3) is 5.91 Å². The number of ether oxygens (including phenoxy) is 7. The third-order valence-electron chi connectivity index (χ3n) is 16.1. The number of allylic oxidation sites excluding steroid dienone is 4. The molecule has 0 radical (unpaired) electrons. The van der Waals surface area contributed by atoms with E-state index in [9.17, 15) is 4.79 Å². The van der Waals surface area contributed by atoms with Gasteiger partial charge in [0.05, 0.1) is 66.1 Å². The SMILES string of the molecule is CCCCCCCC/C=C\CCCCCCCCOCC(OCCCCCCCC/C=C\CCCCCCCC)C(=O)N(CCCCCCCC)CCOCCOCCOCCOCCOC(c1ccccc1)(c1ccccc1)c1ccccc1. The Labute approximate surface area is 521 Å². The van der Waals surface area contributed by atoms with Gasteiger partial charge in [0, 0.05) is 26.3 Å². The molecule has 1 atom stereocenters. The minimum absolute atomic E-state index is 0.0345. The lowest BCUT2D eigenvalue weighted by atomic mass is 9.80. The normalized spacial score (nSPS) is 12.3. The maximum atomic E-state index is 14.4. The Kier molecular flexibility index (Phi) is 50.5. The predicted molar refractivity (Wildman–Crippen MR) is 358 cm³/mol. The Balaban J connectivity index is 1.38. The molecule has 0 saturated heterocycles. The van der Waals surface area contributed by atoms with E-state index in [0.717, 1.165) is 55.2 Å². The smallest absolute Gasteiger partial charge is 0.254 e. The topological polar surface area (TPSA) is 84.9 Å². The lowest BCUT2D eigenvalue weighted by Crippen LogP contribution is -2.45. The fourth-order valence-electron chi connectivity index (χ4n) is 11.0. The molecule has 0 bridgehead atoms. The van der Waals surface area contributed by atoms with E-state index in [1.54, 1.807) is 0 Å². The summed E-state index contributed by atoms with van der Waals surface area (Å²) < 4.78 is 43.3. The van der Waals surface area contributed by atoms with E-state index in [4.69, 9.17) is 33.2 Å². The second-order valence-electron chi connectivity index (χ2n) is 23.5. The second kappa shape index (κ2) is 56.8. The summed E-state index contributed by atoms with van der Waals surface area (Å²) in [6.07, 6.45) is 51.7. The summed E-state index contributed by atoms with van der Waals surface area (Å²) in [6, 6.07) is 31.2. The van der Waals surface area contributed by atoms with Gasteiger partial charge in [-0.1, -0.05) is 284 Å². The second-order valence-corrected chi connectivity index (χ2v) is 23.5. The van der Waals surface area contributed by atoms with Crippen LogP contribution in [0.5, 0.6) is 0 Å². The highest BCUT2D eigenvalue weighted by Gasteiger charge is 2.37. The van der Waals surface area contributed by atoms with Crippen molar-refractivity contribution in [3.05, 3.63) is 132 Å². The van der Waals surface area contributed by atoms with Crippen LogP contribution in [0, 0.1) is 0 Å². The summed E-state index contributed by atoms with van der Waals surface area (Å²) in [5.74, 6) is 0.0345. The first-order valence-corrected chi connectivity index (χ1v) is 35.1. The monoisotopic (exact) mass is 1180 g/mol. The molecule has 1 amide bonds. The molecule has 0 aliphatic carbocycles. The third-order valence-corrected chi connectivity index (χ3v) is 16.1. The van der Waals surface area contributed by atoms with Gasteiger partial charge in [-0.25, -0.2) is 0 Å². The Morgan fingerprint density at radius 1 is 0.353 bits per heavy atom. The fourth-order valence-corrected chi connectivity index (χ4v) is 11.0. The largest absolute Gasteiger partial charge is 0.378 e. The van der Waals surface area contributed by atoms with Crippen LogP contribution in [-0.2, 0) is 43.6 Å². The van der Waals surface area contributed by atoms with E-state index in [1.165, 1.54) is 180 Å². The summed E-state index contributed by atoms with van der Waals surface area (Å²) in [6.45, 7) is 13.7. The number of rotatable bonds is 62. The average Bonchev–Trinajstić information content (AvgIpc) is 1.86. The van der Waals surface area contributed by atoms with Crippen molar-refractivity contribution in [3.8, 4) is 0 Å². The Bertz CT molecular complexity index is 1830. The first-order valence-electron chi connectivity index (χ1n) is 35.1. The van der Waals surface area contributed by atoms with Crippen molar-refractivity contribution in [2.75, 3.05) is 92.4 Å². The van der Waals surface area contributed by atoms with Crippen LogP contribution in [0.25, 0.3) is 0 Å². The molecular formula is C76H125NO8. The molecular weight excluding hydrogens is 1050 g/mol. The van der Waals surface area contributed by atoms with Crippen molar-refractivity contribution >= 4 is 5.91 Å². The number of nitrogens with zero attached hydrogens (tertiary/aromatic N) is 1. The van der Waals surface area contributed by atoms with Crippen molar-refractivity contribution in [1.82, 2.24) is 4.90 Å². The van der Waals surface area contributed by atoms with Gasteiger partial charge in [0.1, 0.15) is 5.60 Å². The molecule has 9 nitrogen and oxygen atoms in total. The molecule has 3 aromatic carbocycles. The van der Waals surface area contributed by atoms with Crippen molar-refractivity contribution in [2.45, 2.75) is 251 Å². The van der Waals surface area contributed by atoms with Crippen molar-refractivity contribution in [2.24, 2.45) is 0 Å². The third kappa shape index (κ3) is 39.1. The van der Waals surface area contributed by atoms with Crippen LogP contribution < -0.4 is 0 Å². The first kappa shape index (κ1) is 75.6. The summed E-state index contributed by atoms with van der Waals surface area (Å²) in [7, 11) is 0. The zero-order valence-electron chi connectivity index (χ0n) is 54.7. The number of benzene rings is 3. The minimum Gasteiger partial charge on any atom is -0.378 e. The molecule has 0 spiro atoms. The lowest BCUT2D eigenvalue weighted by molar-refractivity contribution is -0.149. The molecule has 0 saturated carbocycles. The molecule has 0 aromatic heterocycles. The van der Waals surface area contributed by atoms with Crippen LogP contribution in [0.15, 0.2) is 115 Å². The highest BCUT2D eigenvalue weighted by molar-refractivity contribution is 5.81. The number of carbonyl (C=O) groups excluding carboxylic acids is 1. The molecule has 0 aliphatic heterocycles. The summed E-state index contributed by atoms with van der Waals surface area (Å²) in [4.78, 5) is 16.4. The van der Waals surface area contributed by atoms with Gasteiger partial charge in [-0.15, -0.1) is 0 Å². The van der Waals surface area contributed by atoms with Gasteiger partial charge in [0.15, 0.2) is 6.10 Å². The van der Waals surface area contributed by atoms with Gasteiger partial charge < -0.3 is 38.1 Å². The average molecular weight is 1180 g/mol.